The molecule has 1 aliphatic carbocycles. The molecule has 0 aliphatic heterocycles. The molecule has 1 N–H and O–H groups in total. The Morgan fingerprint density at radius 2 is 2.05 bits per heavy atom. The second-order valence-electron chi connectivity index (χ2n) is 7.62. The Bertz CT molecular complexity index is 480. The van der Waals surface area contributed by atoms with Gasteiger partial charge in [0, 0.05) is 17.6 Å². The van der Waals surface area contributed by atoms with Crippen LogP contribution in [-0.4, -0.2) is 13.2 Å². The average Bonchev–Trinajstić information content (AvgIpc) is 2.41. The van der Waals surface area contributed by atoms with E-state index in [1.54, 1.807) is 7.11 Å². The SMILES string of the molecule is COc1ccc(C)cc1C(C)NC1CCC(C)(C)CC1C. The standard InChI is InChI=1S/C19H31NO/c1-13-7-8-18(21-6)16(11-13)15(3)20-17-9-10-19(4,5)12-14(17)2/h7-8,11,14-15,17,20H,9-10,12H2,1-6H3. The van der Waals surface area contributed by atoms with Crippen LogP contribution in [0.1, 0.15) is 64.1 Å². The van der Waals surface area contributed by atoms with E-state index in [-0.39, 0.29) is 0 Å². The van der Waals surface area contributed by atoms with Crippen LogP contribution in [0.3, 0.4) is 0 Å². The van der Waals surface area contributed by atoms with E-state index in [0.717, 1.165) is 11.7 Å². The molecule has 2 heteroatoms. The van der Waals surface area contributed by atoms with Gasteiger partial charge in [-0.25, -0.2) is 0 Å². The lowest BCUT2D eigenvalue weighted by Gasteiger charge is -2.41. The smallest absolute Gasteiger partial charge is 0.123 e. The zero-order chi connectivity index (χ0) is 15.6. The fraction of sp³-hybridized carbons (Fsp3) is 0.684. The number of nitrogens with one attached hydrogen (secondary N) is 1. The van der Waals surface area contributed by atoms with Crippen LogP contribution in [0.4, 0.5) is 0 Å². The zero-order valence-electron chi connectivity index (χ0n) is 14.5. The van der Waals surface area contributed by atoms with Crippen LogP contribution in [0.25, 0.3) is 0 Å². The van der Waals surface area contributed by atoms with Gasteiger partial charge < -0.3 is 10.1 Å². The van der Waals surface area contributed by atoms with Crippen LogP contribution in [0.2, 0.25) is 0 Å². The van der Waals surface area contributed by atoms with Crippen molar-refractivity contribution in [3.05, 3.63) is 29.3 Å². The summed E-state index contributed by atoms with van der Waals surface area (Å²) < 4.78 is 5.53. The zero-order valence-corrected chi connectivity index (χ0v) is 14.5. The van der Waals surface area contributed by atoms with Gasteiger partial charge in [0.15, 0.2) is 0 Å². The molecule has 0 amide bonds. The van der Waals surface area contributed by atoms with Crippen LogP contribution in [0.5, 0.6) is 5.75 Å². The van der Waals surface area contributed by atoms with E-state index < -0.39 is 0 Å². The summed E-state index contributed by atoms with van der Waals surface area (Å²) in [5.41, 5.74) is 3.06. The maximum atomic E-state index is 5.53. The van der Waals surface area contributed by atoms with E-state index in [4.69, 9.17) is 4.74 Å². The summed E-state index contributed by atoms with van der Waals surface area (Å²) in [5, 5.41) is 3.84. The molecule has 2 rings (SSSR count). The van der Waals surface area contributed by atoms with Crippen LogP contribution in [-0.2, 0) is 0 Å². The van der Waals surface area contributed by atoms with Gasteiger partial charge in [0.1, 0.15) is 5.75 Å². The third-order valence-electron chi connectivity index (χ3n) is 5.01. The van der Waals surface area contributed by atoms with Crippen molar-refractivity contribution in [3.63, 3.8) is 0 Å². The van der Waals surface area contributed by atoms with Crippen molar-refractivity contribution < 1.29 is 4.74 Å². The largest absolute Gasteiger partial charge is 0.496 e. The van der Waals surface area contributed by atoms with E-state index in [0.29, 0.717) is 17.5 Å². The number of hydrogen-bond acceptors (Lipinski definition) is 2. The van der Waals surface area contributed by atoms with Gasteiger partial charge in [-0.05, 0) is 50.5 Å². The first kappa shape index (κ1) is 16.4. The highest BCUT2D eigenvalue weighted by molar-refractivity contribution is 5.38. The van der Waals surface area contributed by atoms with Gasteiger partial charge in [0.2, 0.25) is 0 Å². The van der Waals surface area contributed by atoms with Gasteiger partial charge >= 0.3 is 0 Å². The van der Waals surface area contributed by atoms with Gasteiger partial charge in [-0.1, -0.05) is 38.5 Å². The summed E-state index contributed by atoms with van der Waals surface area (Å²) >= 11 is 0. The Hall–Kier alpha value is -1.02. The normalized spacial score (nSPS) is 26.4. The van der Waals surface area contributed by atoms with Gasteiger partial charge in [0.05, 0.1) is 7.11 Å². The first-order chi connectivity index (χ1) is 9.82. The fourth-order valence-electron chi connectivity index (χ4n) is 3.80. The summed E-state index contributed by atoms with van der Waals surface area (Å²) in [4.78, 5) is 0. The fourth-order valence-corrected chi connectivity index (χ4v) is 3.80. The second kappa shape index (κ2) is 6.39. The number of benzene rings is 1. The third kappa shape index (κ3) is 4.00. The number of rotatable bonds is 4. The van der Waals surface area contributed by atoms with Crippen LogP contribution in [0, 0.1) is 18.3 Å². The molecule has 3 unspecified atom stereocenters. The van der Waals surface area contributed by atoms with E-state index in [2.05, 4.69) is 58.1 Å². The Morgan fingerprint density at radius 1 is 1.33 bits per heavy atom. The molecule has 0 spiro atoms. The summed E-state index contributed by atoms with van der Waals surface area (Å²) in [6.45, 7) is 11.6. The van der Waals surface area contributed by atoms with Crippen molar-refractivity contribution in [3.8, 4) is 5.75 Å². The van der Waals surface area contributed by atoms with Crippen molar-refractivity contribution >= 4 is 0 Å². The van der Waals surface area contributed by atoms with Crippen molar-refractivity contribution in [1.82, 2.24) is 5.32 Å². The first-order valence-electron chi connectivity index (χ1n) is 8.23. The quantitative estimate of drug-likeness (QED) is 0.854. The van der Waals surface area contributed by atoms with E-state index in [9.17, 15) is 0 Å². The monoisotopic (exact) mass is 289 g/mol. The molecule has 0 aromatic heterocycles. The van der Waals surface area contributed by atoms with Crippen LogP contribution in [0.15, 0.2) is 18.2 Å². The molecule has 0 saturated heterocycles. The molecule has 1 fully saturated rings. The van der Waals surface area contributed by atoms with Gasteiger partial charge in [-0.15, -0.1) is 0 Å². The molecule has 0 bridgehead atoms. The summed E-state index contributed by atoms with van der Waals surface area (Å²) in [6.07, 6.45) is 3.89. The summed E-state index contributed by atoms with van der Waals surface area (Å²) in [5.74, 6) is 1.72. The molecule has 1 aromatic carbocycles. The molecule has 118 valence electrons. The predicted molar refractivity (Wildman–Crippen MR) is 89.9 cm³/mol. The topological polar surface area (TPSA) is 21.3 Å². The highest BCUT2D eigenvalue weighted by Gasteiger charge is 2.33. The molecule has 0 heterocycles. The molecule has 1 aromatic rings. The minimum absolute atomic E-state index is 0.327. The summed E-state index contributed by atoms with van der Waals surface area (Å²) in [6, 6.07) is 7.37. The maximum Gasteiger partial charge on any atom is 0.123 e. The minimum Gasteiger partial charge on any atom is -0.496 e. The molecule has 21 heavy (non-hydrogen) atoms. The molecule has 1 aliphatic rings. The van der Waals surface area contributed by atoms with E-state index in [1.807, 2.05) is 0 Å². The molecule has 2 nitrogen and oxygen atoms in total. The van der Waals surface area contributed by atoms with Crippen molar-refractivity contribution in [2.45, 2.75) is 66.0 Å². The number of methoxy groups -OCH3 is 1. The van der Waals surface area contributed by atoms with Crippen LogP contribution < -0.4 is 10.1 Å². The number of aryl methyl sites for hydroxylation is 1. The Labute approximate surface area is 130 Å². The maximum absolute atomic E-state index is 5.53. The number of hydrogen-bond donors (Lipinski definition) is 1. The molecule has 0 radical (unpaired) electrons. The lowest BCUT2D eigenvalue weighted by molar-refractivity contribution is 0.142. The summed E-state index contributed by atoms with van der Waals surface area (Å²) in [7, 11) is 1.76. The molecule has 3 atom stereocenters. The lowest BCUT2D eigenvalue weighted by atomic mass is 9.70. The highest BCUT2D eigenvalue weighted by Crippen LogP contribution is 2.39. The third-order valence-corrected chi connectivity index (χ3v) is 5.01. The van der Waals surface area contributed by atoms with Crippen molar-refractivity contribution in [2.75, 3.05) is 7.11 Å². The lowest BCUT2D eigenvalue weighted by Crippen LogP contribution is -2.42. The van der Waals surface area contributed by atoms with Crippen molar-refractivity contribution in [2.24, 2.45) is 11.3 Å². The Morgan fingerprint density at radius 3 is 2.67 bits per heavy atom. The second-order valence-corrected chi connectivity index (χ2v) is 7.62. The highest BCUT2D eigenvalue weighted by atomic mass is 16.5. The van der Waals surface area contributed by atoms with Gasteiger partial charge in [-0.2, -0.15) is 0 Å². The van der Waals surface area contributed by atoms with Gasteiger partial charge in [0.25, 0.3) is 0 Å². The Kier molecular flexibility index (Phi) is 4.98. The molecular weight excluding hydrogens is 258 g/mol. The number of ether oxygens (including phenoxy) is 1. The van der Waals surface area contributed by atoms with Crippen LogP contribution >= 0.6 is 0 Å². The van der Waals surface area contributed by atoms with E-state index in [1.165, 1.54) is 30.4 Å². The molecule has 1 saturated carbocycles. The van der Waals surface area contributed by atoms with Gasteiger partial charge in [-0.3, -0.25) is 0 Å². The van der Waals surface area contributed by atoms with Crippen molar-refractivity contribution in [1.29, 1.82) is 0 Å². The first-order valence-corrected chi connectivity index (χ1v) is 8.23. The average molecular weight is 289 g/mol. The predicted octanol–water partition coefficient (Wildman–Crippen LogP) is 4.87. The molecular formula is C19H31NO. The van der Waals surface area contributed by atoms with E-state index >= 15 is 0 Å². The minimum atomic E-state index is 0.327. The Balaban J connectivity index is 2.08.